The zero-order valence-corrected chi connectivity index (χ0v) is 5.26. The molecule has 0 unspecified atom stereocenters. The second-order valence-corrected chi connectivity index (χ2v) is 1.73. The van der Waals surface area contributed by atoms with Gasteiger partial charge in [-0.1, -0.05) is 12.2 Å². The molecule has 2 nitrogen and oxygen atoms in total. The molecule has 1 heterocycles. The Morgan fingerprint density at radius 3 is 2.89 bits per heavy atom. The van der Waals surface area contributed by atoms with E-state index < -0.39 is 0 Å². The summed E-state index contributed by atoms with van der Waals surface area (Å²) in [4.78, 5) is 3.79. The highest BCUT2D eigenvalue weighted by molar-refractivity contribution is 6.06. The topological polar surface area (TPSA) is 36.2 Å². The molecule has 0 atom stereocenters. The maximum atomic E-state index is 7.23. The summed E-state index contributed by atoms with van der Waals surface area (Å²) in [6, 6.07) is 0. The Kier molecular flexibility index (Phi) is 1.58. The van der Waals surface area contributed by atoms with E-state index in [1.807, 2.05) is 25.2 Å². The van der Waals surface area contributed by atoms with E-state index in [-0.39, 0.29) is 0 Å². The zero-order valence-electron chi connectivity index (χ0n) is 5.26. The fourth-order valence-electron chi connectivity index (χ4n) is 0.651. The van der Waals surface area contributed by atoms with Gasteiger partial charge in [0.15, 0.2) is 5.84 Å². The second-order valence-electron chi connectivity index (χ2n) is 1.73. The van der Waals surface area contributed by atoms with Gasteiger partial charge in [0.2, 0.25) is 0 Å². The Morgan fingerprint density at radius 2 is 2.44 bits per heavy atom. The van der Waals surface area contributed by atoms with Gasteiger partial charge in [-0.2, -0.15) is 0 Å². The van der Waals surface area contributed by atoms with Gasteiger partial charge in [0.1, 0.15) is 0 Å². The van der Waals surface area contributed by atoms with Crippen molar-refractivity contribution in [3.63, 3.8) is 0 Å². The van der Waals surface area contributed by atoms with Crippen LogP contribution in [-0.4, -0.2) is 12.1 Å². The van der Waals surface area contributed by atoms with Crippen molar-refractivity contribution >= 4 is 12.1 Å². The molecule has 0 radical (unpaired) electrons. The van der Waals surface area contributed by atoms with Crippen molar-refractivity contribution in [2.45, 2.75) is 6.92 Å². The van der Waals surface area contributed by atoms with Crippen molar-refractivity contribution in [3.8, 4) is 0 Å². The minimum absolute atomic E-state index is 0.347. The Morgan fingerprint density at radius 1 is 1.67 bits per heavy atom. The quantitative estimate of drug-likeness (QED) is 0.503. The van der Waals surface area contributed by atoms with E-state index in [9.17, 15) is 0 Å². The predicted octanol–water partition coefficient (Wildman–Crippen LogP) is 1.55. The lowest BCUT2D eigenvalue weighted by Gasteiger charge is -1.99. The standard InChI is InChI=1S/C7H8N2/c1-2-6-4-3-5-9-7(6)8/h2-5,8H,1H3. The van der Waals surface area contributed by atoms with Gasteiger partial charge < -0.3 is 0 Å². The summed E-state index contributed by atoms with van der Waals surface area (Å²) in [5.74, 6) is 0.347. The molecule has 0 aromatic rings. The molecular weight excluding hydrogens is 112 g/mol. The summed E-state index contributed by atoms with van der Waals surface area (Å²) >= 11 is 0. The lowest BCUT2D eigenvalue weighted by Crippen LogP contribution is -1.98. The average Bonchev–Trinajstić information content (AvgIpc) is 1.89. The summed E-state index contributed by atoms with van der Waals surface area (Å²) in [7, 11) is 0. The highest BCUT2D eigenvalue weighted by Gasteiger charge is 1.98. The number of aliphatic imine (C=N–C) groups is 1. The lowest BCUT2D eigenvalue weighted by atomic mass is 10.2. The van der Waals surface area contributed by atoms with Gasteiger partial charge in [-0.05, 0) is 13.0 Å². The maximum absolute atomic E-state index is 7.23. The highest BCUT2D eigenvalue weighted by Crippen LogP contribution is 2.02. The normalized spacial score (nSPS) is 21.4. The highest BCUT2D eigenvalue weighted by atomic mass is 14.8. The fraction of sp³-hybridized carbons (Fsp3) is 0.143. The van der Waals surface area contributed by atoms with Crippen LogP contribution in [0.3, 0.4) is 0 Å². The van der Waals surface area contributed by atoms with Gasteiger partial charge in [-0.3, -0.25) is 5.41 Å². The Bertz CT molecular complexity index is 209. The maximum Gasteiger partial charge on any atom is 0.151 e. The van der Waals surface area contributed by atoms with E-state index >= 15 is 0 Å². The van der Waals surface area contributed by atoms with Crippen molar-refractivity contribution in [3.05, 3.63) is 23.8 Å². The van der Waals surface area contributed by atoms with Crippen LogP contribution in [-0.2, 0) is 0 Å². The largest absolute Gasteiger partial charge is 0.282 e. The monoisotopic (exact) mass is 120 g/mol. The molecule has 1 aliphatic heterocycles. The number of hydrogen-bond acceptors (Lipinski definition) is 1. The molecule has 0 saturated carbocycles. The molecule has 0 bridgehead atoms. The Labute approximate surface area is 54.1 Å². The molecule has 0 aliphatic carbocycles. The van der Waals surface area contributed by atoms with E-state index in [0.717, 1.165) is 5.57 Å². The average molecular weight is 120 g/mol. The predicted molar refractivity (Wildman–Crippen MR) is 39.1 cm³/mol. The van der Waals surface area contributed by atoms with Crippen LogP contribution >= 0.6 is 0 Å². The number of allylic oxidation sites excluding steroid dienone is 2. The van der Waals surface area contributed by atoms with Gasteiger partial charge in [0.25, 0.3) is 0 Å². The summed E-state index contributed by atoms with van der Waals surface area (Å²) in [5, 5.41) is 7.23. The van der Waals surface area contributed by atoms with Crippen molar-refractivity contribution in [1.29, 1.82) is 5.41 Å². The minimum atomic E-state index is 0.347. The van der Waals surface area contributed by atoms with Crippen LogP contribution < -0.4 is 0 Å². The molecule has 1 N–H and O–H groups in total. The van der Waals surface area contributed by atoms with Crippen LogP contribution in [0.2, 0.25) is 0 Å². The van der Waals surface area contributed by atoms with Crippen molar-refractivity contribution in [2.75, 3.05) is 0 Å². The van der Waals surface area contributed by atoms with Crippen molar-refractivity contribution in [2.24, 2.45) is 4.99 Å². The molecule has 0 spiro atoms. The first-order valence-electron chi connectivity index (χ1n) is 2.80. The summed E-state index contributed by atoms with van der Waals surface area (Å²) in [6.07, 6.45) is 7.19. The number of dihydropyridines is 1. The third-order valence-electron chi connectivity index (χ3n) is 1.15. The van der Waals surface area contributed by atoms with Crippen LogP contribution in [0.25, 0.3) is 0 Å². The Balaban J connectivity index is 2.91. The smallest absolute Gasteiger partial charge is 0.151 e. The van der Waals surface area contributed by atoms with E-state index in [1.54, 1.807) is 6.21 Å². The van der Waals surface area contributed by atoms with Crippen LogP contribution in [0.5, 0.6) is 0 Å². The number of nitrogens with one attached hydrogen (secondary N) is 1. The zero-order chi connectivity index (χ0) is 6.69. The Hall–Kier alpha value is -1.18. The molecule has 1 aliphatic rings. The summed E-state index contributed by atoms with van der Waals surface area (Å²) in [5.41, 5.74) is 0.887. The van der Waals surface area contributed by atoms with Gasteiger partial charge in [-0.25, -0.2) is 4.99 Å². The van der Waals surface area contributed by atoms with E-state index in [4.69, 9.17) is 5.41 Å². The lowest BCUT2D eigenvalue weighted by molar-refractivity contribution is 1.41. The van der Waals surface area contributed by atoms with Gasteiger partial charge in [0, 0.05) is 11.8 Å². The molecular formula is C7H8N2. The fourth-order valence-corrected chi connectivity index (χ4v) is 0.651. The van der Waals surface area contributed by atoms with Crippen LogP contribution in [0.1, 0.15) is 6.92 Å². The molecule has 9 heavy (non-hydrogen) atoms. The van der Waals surface area contributed by atoms with Gasteiger partial charge in [-0.15, -0.1) is 0 Å². The van der Waals surface area contributed by atoms with Gasteiger partial charge in [0.05, 0.1) is 0 Å². The molecule has 2 heteroatoms. The summed E-state index contributed by atoms with van der Waals surface area (Å²) < 4.78 is 0. The molecule has 0 fully saturated rings. The molecule has 46 valence electrons. The first-order valence-corrected chi connectivity index (χ1v) is 2.80. The first-order chi connectivity index (χ1) is 4.34. The van der Waals surface area contributed by atoms with E-state index in [0.29, 0.717) is 5.84 Å². The number of nitrogens with zero attached hydrogens (tertiary/aromatic N) is 1. The second kappa shape index (κ2) is 2.40. The minimum Gasteiger partial charge on any atom is -0.282 e. The van der Waals surface area contributed by atoms with Crippen LogP contribution in [0, 0.1) is 5.41 Å². The number of amidine groups is 1. The van der Waals surface area contributed by atoms with Crippen molar-refractivity contribution < 1.29 is 0 Å². The number of hydrogen-bond donors (Lipinski definition) is 1. The summed E-state index contributed by atoms with van der Waals surface area (Å²) in [6.45, 7) is 1.90. The molecule has 1 rings (SSSR count). The molecule has 0 saturated heterocycles. The molecule has 0 amide bonds. The van der Waals surface area contributed by atoms with E-state index in [2.05, 4.69) is 4.99 Å². The molecule has 0 aromatic heterocycles. The third kappa shape index (κ3) is 1.13. The van der Waals surface area contributed by atoms with Crippen LogP contribution in [0.15, 0.2) is 28.8 Å². The third-order valence-corrected chi connectivity index (χ3v) is 1.15. The number of rotatable bonds is 0. The van der Waals surface area contributed by atoms with Crippen molar-refractivity contribution in [1.82, 2.24) is 0 Å². The van der Waals surface area contributed by atoms with Gasteiger partial charge >= 0.3 is 0 Å². The van der Waals surface area contributed by atoms with Crippen LogP contribution in [0.4, 0.5) is 0 Å². The van der Waals surface area contributed by atoms with E-state index in [1.165, 1.54) is 0 Å². The molecule has 0 aromatic carbocycles. The SMILES string of the molecule is CC=C1C=CC=NC1=N. The first kappa shape index (κ1) is 5.95.